The van der Waals surface area contributed by atoms with Crippen molar-refractivity contribution in [3.63, 3.8) is 0 Å². The quantitative estimate of drug-likeness (QED) is 0.824. The summed E-state index contributed by atoms with van der Waals surface area (Å²) in [6, 6.07) is 0. The average molecular weight is 305 g/mol. The molecule has 1 aliphatic rings. The highest BCUT2D eigenvalue weighted by Crippen LogP contribution is 2.12. The molecule has 1 saturated heterocycles. The van der Waals surface area contributed by atoms with Gasteiger partial charge in [0.05, 0.1) is 31.2 Å². The first-order valence-corrected chi connectivity index (χ1v) is 8.83. The fraction of sp³-hybridized carbons (Fsp3) is 0.727. The van der Waals surface area contributed by atoms with Gasteiger partial charge in [0.1, 0.15) is 5.01 Å². The van der Waals surface area contributed by atoms with Crippen molar-refractivity contribution in [3.05, 3.63) is 16.1 Å². The van der Waals surface area contributed by atoms with Gasteiger partial charge in [0.25, 0.3) is 0 Å². The molecule has 8 heteroatoms. The third-order valence-electron chi connectivity index (χ3n) is 2.91. The van der Waals surface area contributed by atoms with Crippen molar-refractivity contribution in [1.29, 1.82) is 0 Å². The van der Waals surface area contributed by atoms with Crippen molar-refractivity contribution in [2.45, 2.75) is 20.0 Å². The van der Waals surface area contributed by atoms with Gasteiger partial charge in [0, 0.05) is 25.0 Å². The van der Waals surface area contributed by atoms with Crippen LogP contribution in [-0.4, -0.2) is 50.4 Å². The van der Waals surface area contributed by atoms with Crippen LogP contribution < -0.4 is 4.72 Å². The van der Waals surface area contributed by atoms with Gasteiger partial charge in [0.15, 0.2) is 0 Å². The smallest absolute Gasteiger partial charge is 0.211 e. The van der Waals surface area contributed by atoms with Gasteiger partial charge in [-0.1, -0.05) is 0 Å². The van der Waals surface area contributed by atoms with Crippen LogP contribution in [0.3, 0.4) is 0 Å². The lowest BCUT2D eigenvalue weighted by molar-refractivity contribution is 0.0337. The molecule has 0 unspecified atom stereocenters. The molecule has 1 aromatic heterocycles. The molecule has 1 fully saturated rings. The number of nitrogens with zero attached hydrogens (tertiary/aromatic N) is 2. The summed E-state index contributed by atoms with van der Waals surface area (Å²) in [5.74, 6) is 0.0962. The van der Waals surface area contributed by atoms with Gasteiger partial charge in [0.2, 0.25) is 10.0 Å². The van der Waals surface area contributed by atoms with E-state index in [0.29, 0.717) is 0 Å². The van der Waals surface area contributed by atoms with Crippen molar-refractivity contribution in [2.75, 3.05) is 32.1 Å². The van der Waals surface area contributed by atoms with Crippen molar-refractivity contribution in [1.82, 2.24) is 14.6 Å². The second-order valence-corrected chi connectivity index (χ2v) is 7.38. The van der Waals surface area contributed by atoms with Crippen molar-refractivity contribution < 1.29 is 13.2 Å². The van der Waals surface area contributed by atoms with Crippen LogP contribution in [0.5, 0.6) is 0 Å². The Balaban J connectivity index is 1.84. The van der Waals surface area contributed by atoms with Crippen LogP contribution in [0.25, 0.3) is 0 Å². The molecule has 0 amide bonds. The van der Waals surface area contributed by atoms with Crippen molar-refractivity contribution in [2.24, 2.45) is 0 Å². The van der Waals surface area contributed by atoms with Crippen molar-refractivity contribution in [3.8, 4) is 0 Å². The van der Waals surface area contributed by atoms with Gasteiger partial charge in [-0.3, -0.25) is 4.90 Å². The van der Waals surface area contributed by atoms with E-state index in [9.17, 15) is 8.42 Å². The standard InChI is InChI=1S/C11H19N3O3S2/c1-2-19(15,16)12-7-11-13-10(9-18-11)8-14-3-5-17-6-4-14/h9,12H,2-8H2,1H3. The Morgan fingerprint density at radius 1 is 1.47 bits per heavy atom. The Kier molecular flexibility index (Phi) is 5.28. The molecule has 19 heavy (non-hydrogen) atoms. The first-order chi connectivity index (χ1) is 9.09. The molecule has 0 bridgehead atoms. The van der Waals surface area contributed by atoms with E-state index in [-0.39, 0.29) is 12.3 Å². The predicted octanol–water partition coefficient (Wildman–Crippen LogP) is 0.415. The maximum atomic E-state index is 11.3. The first kappa shape index (κ1) is 14.9. The number of nitrogens with one attached hydrogen (secondary N) is 1. The largest absolute Gasteiger partial charge is 0.379 e. The minimum absolute atomic E-state index is 0.0962. The molecule has 0 radical (unpaired) electrons. The number of thiazole rings is 1. The van der Waals surface area contributed by atoms with E-state index in [0.717, 1.165) is 43.5 Å². The number of rotatable bonds is 6. The van der Waals surface area contributed by atoms with Gasteiger partial charge in [-0.15, -0.1) is 11.3 Å². The highest BCUT2D eigenvalue weighted by molar-refractivity contribution is 7.89. The zero-order valence-corrected chi connectivity index (χ0v) is 12.6. The molecule has 1 aliphatic heterocycles. The maximum Gasteiger partial charge on any atom is 0.211 e. The molecule has 0 atom stereocenters. The summed E-state index contributed by atoms with van der Waals surface area (Å²) in [7, 11) is -3.15. The van der Waals surface area contributed by atoms with Crippen LogP contribution in [-0.2, 0) is 27.8 Å². The molecule has 2 heterocycles. The van der Waals surface area contributed by atoms with Crippen molar-refractivity contribution >= 4 is 21.4 Å². The van der Waals surface area contributed by atoms with Crippen LogP contribution in [0.15, 0.2) is 5.38 Å². The van der Waals surface area contributed by atoms with E-state index in [1.807, 2.05) is 5.38 Å². The molecule has 1 N–H and O–H groups in total. The molecule has 0 spiro atoms. The minimum Gasteiger partial charge on any atom is -0.379 e. The van der Waals surface area contributed by atoms with Crippen LogP contribution >= 0.6 is 11.3 Å². The summed E-state index contributed by atoms with van der Waals surface area (Å²) >= 11 is 1.49. The highest BCUT2D eigenvalue weighted by atomic mass is 32.2. The summed E-state index contributed by atoms with van der Waals surface area (Å²) in [4.78, 5) is 6.74. The summed E-state index contributed by atoms with van der Waals surface area (Å²) in [5, 5.41) is 2.80. The third-order valence-corrected chi connectivity index (χ3v) is 5.15. The predicted molar refractivity (Wildman–Crippen MR) is 74.5 cm³/mol. The molecule has 2 rings (SSSR count). The molecular weight excluding hydrogens is 286 g/mol. The van der Waals surface area contributed by atoms with E-state index in [1.165, 1.54) is 11.3 Å². The molecule has 1 aromatic rings. The highest BCUT2D eigenvalue weighted by Gasteiger charge is 2.13. The van der Waals surface area contributed by atoms with Crippen LogP contribution in [0.2, 0.25) is 0 Å². The Morgan fingerprint density at radius 2 is 2.21 bits per heavy atom. The molecular formula is C11H19N3O3S2. The molecule has 0 aromatic carbocycles. The van der Waals surface area contributed by atoms with Gasteiger partial charge in [-0.05, 0) is 6.92 Å². The number of hydrogen-bond donors (Lipinski definition) is 1. The van der Waals surface area contributed by atoms with Crippen LogP contribution in [0.4, 0.5) is 0 Å². The monoisotopic (exact) mass is 305 g/mol. The van der Waals surface area contributed by atoms with E-state index in [1.54, 1.807) is 6.92 Å². The second-order valence-electron chi connectivity index (χ2n) is 4.35. The Labute approximate surface area is 117 Å². The topological polar surface area (TPSA) is 71.5 Å². The third kappa shape index (κ3) is 4.81. The van der Waals surface area contributed by atoms with Gasteiger partial charge >= 0.3 is 0 Å². The van der Waals surface area contributed by atoms with E-state index >= 15 is 0 Å². The lowest BCUT2D eigenvalue weighted by atomic mass is 10.3. The van der Waals surface area contributed by atoms with E-state index < -0.39 is 10.0 Å². The fourth-order valence-corrected chi connectivity index (χ4v) is 3.14. The number of morpholine rings is 1. The van der Waals surface area contributed by atoms with E-state index in [4.69, 9.17) is 4.74 Å². The first-order valence-electron chi connectivity index (χ1n) is 6.30. The molecule has 0 saturated carbocycles. The molecule has 6 nitrogen and oxygen atoms in total. The second kappa shape index (κ2) is 6.76. The Bertz CT molecular complexity index is 495. The van der Waals surface area contributed by atoms with E-state index in [2.05, 4.69) is 14.6 Å². The normalized spacial score (nSPS) is 17.7. The number of sulfonamides is 1. The summed E-state index contributed by atoms with van der Waals surface area (Å²) < 4.78 is 30.5. The lowest BCUT2D eigenvalue weighted by Gasteiger charge is -2.25. The number of ether oxygens (including phenoxy) is 1. The van der Waals surface area contributed by atoms with Crippen LogP contribution in [0.1, 0.15) is 17.6 Å². The number of aromatic nitrogens is 1. The van der Waals surface area contributed by atoms with Crippen LogP contribution in [0, 0.1) is 0 Å². The molecule has 0 aliphatic carbocycles. The minimum atomic E-state index is -3.15. The van der Waals surface area contributed by atoms with Gasteiger partial charge in [-0.25, -0.2) is 18.1 Å². The lowest BCUT2D eigenvalue weighted by Crippen LogP contribution is -2.35. The summed E-state index contributed by atoms with van der Waals surface area (Å²) in [6.45, 7) is 6.10. The SMILES string of the molecule is CCS(=O)(=O)NCc1nc(CN2CCOCC2)cs1. The fourth-order valence-electron chi connectivity index (χ4n) is 1.76. The molecule has 108 valence electrons. The van der Waals surface area contributed by atoms with Gasteiger partial charge in [-0.2, -0.15) is 0 Å². The summed E-state index contributed by atoms with van der Waals surface area (Å²) in [6.07, 6.45) is 0. The zero-order chi connectivity index (χ0) is 13.7. The number of hydrogen-bond acceptors (Lipinski definition) is 6. The maximum absolute atomic E-state index is 11.3. The van der Waals surface area contributed by atoms with Gasteiger partial charge < -0.3 is 4.74 Å². The summed E-state index contributed by atoms with van der Waals surface area (Å²) in [5.41, 5.74) is 0.998. The average Bonchev–Trinajstić information content (AvgIpc) is 2.86. The Morgan fingerprint density at radius 3 is 2.89 bits per heavy atom. The Hall–Kier alpha value is -0.540. The zero-order valence-electron chi connectivity index (χ0n) is 11.0.